The molecule has 5 nitrogen and oxygen atoms in total. The lowest BCUT2D eigenvalue weighted by Crippen LogP contribution is -2.27. The van der Waals surface area contributed by atoms with Crippen molar-refractivity contribution in [2.75, 3.05) is 7.05 Å². The average molecular weight is 328 g/mol. The molecule has 2 N–H and O–H groups in total. The summed E-state index contributed by atoms with van der Waals surface area (Å²) in [6.45, 7) is 6.04. The Hall–Kier alpha value is -1.15. The summed E-state index contributed by atoms with van der Waals surface area (Å²) in [6, 6.07) is 3.17. The van der Waals surface area contributed by atoms with E-state index in [9.17, 15) is 8.42 Å². The molecule has 0 saturated heterocycles. The molecule has 21 heavy (non-hydrogen) atoms. The van der Waals surface area contributed by atoms with Crippen LogP contribution in [0.2, 0.25) is 0 Å². The second-order valence-electron chi connectivity index (χ2n) is 4.95. The molecule has 0 saturated carbocycles. The SMILES string of the molecule is CNCc1sccc1S(=O)(=O)NC(C)c1cc(C)oc1C. The molecule has 0 aliphatic heterocycles. The molecule has 0 aromatic carbocycles. The van der Waals surface area contributed by atoms with Gasteiger partial charge in [0, 0.05) is 23.0 Å². The van der Waals surface area contributed by atoms with Crippen molar-refractivity contribution in [3.05, 3.63) is 39.5 Å². The summed E-state index contributed by atoms with van der Waals surface area (Å²) in [6.07, 6.45) is 0. The minimum Gasteiger partial charge on any atom is -0.466 e. The van der Waals surface area contributed by atoms with Crippen LogP contribution in [0.25, 0.3) is 0 Å². The van der Waals surface area contributed by atoms with Gasteiger partial charge in [-0.2, -0.15) is 0 Å². The van der Waals surface area contributed by atoms with Gasteiger partial charge in [0.2, 0.25) is 10.0 Å². The molecule has 2 rings (SSSR count). The van der Waals surface area contributed by atoms with Crippen molar-refractivity contribution in [1.29, 1.82) is 0 Å². The van der Waals surface area contributed by atoms with Crippen molar-refractivity contribution in [1.82, 2.24) is 10.0 Å². The van der Waals surface area contributed by atoms with Gasteiger partial charge in [0.1, 0.15) is 11.5 Å². The molecule has 0 bridgehead atoms. The number of hydrogen-bond donors (Lipinski definition) is 2. The second kappa shape index (κ2) is 6.31. The maximum absolute atomic E-state index is 12.5. The predicted octanol–water partition coefficient (Wildman–Crippen LogP) is 2.72. The van der Waals surface area contributed by atoms with Gasteiger partial charge in [-0.1, -0.05) is 0 Å². The third-order valence-corrected chi connectivity index (χ3v) is 5.88. The van der Waals surface area contributed by atoms with Crippen LogP contribution in [0.5, 0.6) is 0 Å². The maximum Gasteiger partial charge on any atom is 0.242 e. The van der Waals surface area contributed by atoms with Crippen LogP contribution in [0.3, 0.4) is 0 Å². The highest BCUT2D eigenvalue weighted by Crippen LogP contribution is 2.26. The maximum atomic E-state index is 12.5. The first kappa shape index (κ1) is 16.2. The number of furan rings is 1. The van der Waals surface area contributed by atoms with Crippen LogP contribution in [0.4, 0.5) is 0 Å². The highest BCUT2D eigenvalue weighted by atomic mass is 32.2. The molecule has 2 heterocycles. The summed E-state index contributed by atoms with van der Waals surface area (Å²) in [5.41, 5.74) is 0.862. The predicted molar refractivity (Wildman–Crippen MR) is 84.0 cm³/mol. The largest absolute Gasteiger partial charge is 0.466 e. The summed E-state index contributed by atoms with van der Waals surface area (Å²) in [4.78, 5) is 1.14. The molecule has 116 valence electrons. The Morgan fingerprint density at radius 1 is 1.38 bits per heavy atom. The van der Waals surface area contributed by atoms with E-state index in [4.69, 9.17) is 4.42 Å². The molecule has 1 atom stereocenters. The fraction of sp³-hybridized carbons (Fsp3) is 0.429. The first-order chi connectivity index (χ1) is 9.85. The van der Waals surface area contributed by atoms with Gasteiger partial charge in [-0.3, -0.25) is 0 Å². The molecule has 0 fully saturated rings. The second-order valence-corrected chi connectivity index (χ2v) is 7.63. The van der Waals surface area contributed by atoms with Crippen LogP contribution in [-0.4, -0.2) is 15.5 Å². The minimum atomic E-state index is -3.55. The van der Waals surface area contributed by atoms with E-state index < -0.39 is 10.0 Å². The van der Waals surface area contributed by atoms with Crippen molar-refractivity contribution in [3.8, 4) is 0 Å². The van der Waals surface area contributed by atoms with E-state index >= 15 is 0 Å². The van der Waals surface area contributed by atoms with E-state index in [0.29, 0.717) is 11.4 Å². The number of rotatable bonds is 6. The quantitative estimate of drug-likeness (QED) is 0.855. The van der Waals surface area contributed by atoms with E-state index in [0.717, 1.165) is 22.0 Å². The minimum absolute atomic E-state index is 0.338. The molecule has 2 aromatic rings. The lowest BCUT2D eigenvalue weighted by molar-refractivity contribution is 0.496. The zero-order valence-corrected chi connectivity index (χ0v) is 14.2. The number of aryl methyl sites for hydroxylation is 2. The monoisotopic (exact) mass is 328 g/mol. The van der Waals surface area contributed by atoms with Gasteiger partial charge in [0.25, 0.3) is 0 Å². The van der Waals surface area contributed by atoms with Crippen molar-refractivity contribution in [3.63, 3.8) is 0 Å². The third-order valence-electron chi connectivity index (χ3n) is 3.21. The first-order valence-corrected chi connectivity index (χ1v) is 9.01. The van der Waals surface area contributed by atoms with Gasteiger partial charge >= 0.3 is 0 Å². The van der Waals surface area contributed by atoms with Gasteiger partial charge in [0.15, 0.2) is 0 Å². The van der Waals surface area contributed by atoms with E-state index in [1.807, 2.05) is 26.8 Å². The number of hydrogen-bond acceptors (Lipinski definition) is 5. The Balaban J connectivity index is 2.25. The molecule has 0 radical (unpaired) electrons. The van der Waals surface area contributed by atoms with Crippen LogP contribution in [0.1, 0.15) is 34.9 Å². The Labute approximate surface area is 129 Å². The van der Waals surface area contributed by atoms with Crippen LogP contribution >= 0.6 is 11.3 Å². The van der Waals surface area contributed by atoms with Crippen molar-refractivity contribution in [2.24, 2.45) is 0 Å². The molecule has 2 aromatic heterocycles. The molecule has 0 amide bonds. The van der Waals surface area contributed by atoms with E-state index in [1.54, 1.807) is 18.5 Å². The highest BCUT2D eigenvalue weighted by Gasteiger charge is 2.24. The molecular formula is C14H20N2O3S2. The molecule has 7 heteroatoms. The van der Waals surface area contributed by atoms with Crippen molar-refractivity contribution < 1.29 is 12.8 Å². The van der Waals surface area contributed by atoms with E-state index in [1.165, 1.54) is 11.3 Å². The summed E-state index contributed by atoms with van der Waals surface area (Å²) >= 11 is 1.43. The van der Waals surface area contributed by atoms with Gasteiger partial charge in [-0.15, -0.1) is 11.3 Å². The number of nitrogens with one attached hydrogen (secondary N) is 2. The molecular weight excluding hydrogens is 308 g/mol. The summed E-state index contributed by atoms with van der Waals surface area (Å²) in [5.74, 6) is 1.52. The average Bonchev–Trinajstić information content (AvgIpc) is 2.96. The number of sulfonamides is 1. The smallest absolute Gasteiger partial charge is 0.242 e. The van der Waals surface area contributed by atoms with Crippen molar-refractivity contribution >= 4 is 21.4 Å². The van der Waals surface area contributed by atoms with Crippen LogP contribution in [0, 0.1) is 13.8 Å². The fourth-order valence-corrected chi connectivity index (χ4v) is 4.98. The topological polar surface area (TPSA) is 71.3 Å². The lowest BCUT2D eigenvalue weighted by atomic mass is 10.1. The number of thiophene rings is 1. The summed E-state index contributed by atoms with van der Waals surface area (Å²) < 4.78 is 33.2. The highest BCUT2D eigenvalue weighted by molar-refractivity contribution is 7.89. The van der Waals surface area contributed by atoms with Gasteiger partial charge in [-0.05, 0) is 45.3 Å². The Morgan fingerprint density at radius 2 is 2.10 bits per heavy atom. The van der Waals surface area contributed by atoms with Gasteiger partial charge < -0.3 is 9.73 Å². The molecule has 0 spiro atoms. The zero-order valence-electron chi connectivity index (χ0n) is 12.6. The summed E-state index contributed by atoms with van der Waals surface area (Å²) in [5, 5.41) is 4.77. The Morgan fingerprint density at radius 3 is 2.67 bits per heavy atom. The van der Waals surface area contributed by atoms with Crippen molar-refractivity contribution in [2.45, 2.75) is 38.3 Å². The van der Waals surface area contributed by atoms with Crippen LogP contribution < -0.4 is 10.0 Å². The fourth-order valence-electron chi connectivity index (χ4n) is 2.30. The van der Waals surface area contributed by atoms with Crippen LogP contribution in [0.15, 0.2) is 26.8 Å². The normalized spacial score (nSPS) is 13.5. The van der Waals surface area contributed by atoms with Gasteiger partial charge in [-0.25, -0.2) is 13.1 Å². The molecule has 1 unspecified atom stereocenters. The molecule has 0 aliphatic rings. The summed E-state index contributed by atoms with van der Waals surface area (Å²) in [7, 11) is -1.75. The zero-order chi connectivity index (χ0) is 15.6. The lowest BCUT2D eigenvalue weighted by Gasteiger charge is -2.14. The van der Waals surface area contributed by atoms with E-state index in [2.05, 4.69) is 10.0 Å². The molecule has 0 aliphatic carbocycles. The van der Waals surface area contributed by atoms with E-state index in [-0.39, 0.29) is 6.04 Å². The van der Waals surface area contributed by atoms with Crippen LogP contribution in [-0.2, 0) is 16.6 Å². The Bertz CT molecular complexity index is 716. The standard InChI is InChI=1S/C14H20N2O3S2/c1-9-7-12(11(3)19-9)10(2)16-21(17,18)14-5-6-20-13(14)8-15-4/h5-7,10,15-16H,8H2,1-4H3. The first-order valence-electron chi connectivity index (χ1n) is 6.65. The third kappa shape index (κ3) is 3.55. The Kier molecular flexibility index (Phi) is 4.88. The van der Waals surface area contributed by atoms with Gasteiger partial charge in [0.05, 0.1) is 4.90 Å².